The number of fused-ring (bicyclic) bond motifs is 8. The van der Waals surface area contributed by atoms with Crippen molar-refractivity contribution in [2.24, 2.45) is 5.92 Å². The van der Waals surface area contributed by atoms with Gasteiger partial charge in [-0.2, -0.15) is 0 Å². The van der Waals surface area contributed by atoms with E-state index in [1.54, 1.807) is 0 Å². The second-order valence-electron chi connectivity index (χ2n) is 10.9. The van der Waals surface area contributed by atoms with E-state index < -0.39 is 0 Å². The Kier molecular flexibility index (Phi) is 7.61. The average molecular weight is 543 g/mol. The molecule has 3 aromatic rings. The molecular formula is C32H38N4O4. The van der Waals surface area contributed by atoms with E-state index >= 15 is 0 Å². The van der Waals surface area contributed by atoms with E-state index in [1.807, 2.05) is 0 Å². The van der Waals surface area contributed by atoms with Gasteiger partial charge in [-0.15, -0.1) is 0 Å². The number of carbonyl (C=O) groups excluding carboxylic acids is 2. The summed E-state index contributed by atoms with van der Waals surface area (Å²) in [4.78, 5) is 35.0. The van der Waals surface area contributed by atoms with Gasteiger partial charge in [0.2, 0.25) is 0 Å². The largest absolute Gasteiger partial charge is 0.469 e. The number of aromatic nitrogens is 3. The highest BCUT2D eigenvalue weighted by Gasteiger charge is 2.22. The number of ether oxygens (including phenoxy) is 2. The number of nitrogens with one attached hydrogen (secondary N) is 4. The molecule has 5 heterocycles. The summed E-state index contributed by atoms with van der Waals surface area (Å²) in [5, 5.41) is 5.55. The standard InChI is InChI=1S/C32H38N4O4/c1-17-11-22-14-27-19(3)23(7-9-31(37)39-5)29(35-27)16-30-24(8-10-32(38)40-6)20(4)28(36-30)15-26-18(2)12-21(34-26)13-25(17)33-22/h12-17,33-36H,7-11H2,1-6H3. The van der Waals surface area contributed by atoms with Crippen molar-refractivity contribution in [2.75, 3.05) is 14.2 Å². The molecule has 40 heavy (non-hydrogen) atoms. The first-order chi connectivity index (χ1) is 19.2. The predicted molar refractivity (Wildman–Crippen MR) is 157 cm³/mol. The van der Waals surface area contributed by atoms with Crippen LogP contribution in [0.5, 0.6) is 0 Å². The van der Waals surface area contributed by atoms with Crippen molar-refractivity contribution in [3.63, 3.8) is 0 Å². The summed E-state index contributed by atoms with van der Waals surface area (Å²) in [7, 11) is 2.83. The number of hydrogen-bond acceptors (Lipinski definition) is 5. The third kappa shape index (κ3) is 5.43. The van der Waals surface area contributed by atoms with E-state index in [9.17, 15) is 9.59 Å². The van der Waals surface area contributed by atoms with Crippen LogP contribution >= 0.6 is 0 Å². The lowest BCUT2D eigenvalue weighted by molar-refractivity contribution is -0.141. The maximum Gasteiger partial charge on any atom is 0.305 e. The van der Waals surface area contributed by atoms with Crippen molar-refractivity contribution in [3.8, 4) is 0 Å². The Bertz CT molecular complexity index is 1660. The molecule has 8 bridgehead atoms. The number of hydrogen-bond donors (Lipinski definition) is 4. The Balaban J connectivity index is 1.75. The Morgan fingerprint density at radius 1 is 0.800 bits per heavy atom. The smallest absolute Gasteiger partial charge is 0.305 e. The molecule has 2 aliphatic rings. The lowest BCUT2D eigenvalue weighted by atomic mass is 10.0. The number of aryl methyl sites for hydroxylation is 1. The minimum absolute atomic E-state index is 0.238. The first kappa shape index (κ1) is 27.4. The van der Waals surface area contributed by atoms with Gasteiger partial charge in [-0.1, -0.05) is 6.92 Å². The van der Waals surface area contributed by atoms with Gasteiger partial charge in [0, 0.05) is 63.6 Å². The summed E-state index contributed by atoms with van der Waals surface area (Å²) in [5.41, 5.74) is 11.8. The molecule has 1 atom stereocenters. The van der Waals surface area contributed by atoms with Crippen molar-refractivity contribution >= 4 is 36.2 Å². The van der Waals surface area contributed by atoms with Gasteiger partial charge in [0.25, 0.3) is 0 Å². The lowest BCUT2D eigenvalue weighted by Gasteiger charge is -2.04. The fraction of sp³-hybridized carbons (Fsp3) is 0.375. The molecule has 0 aliphatic carbocycles. The van der Waals surface area contributed by atoms with Crippen LogP contribution in [-0.2, 0) is 31.9 Å². The third-order valence-corrected chi connectivity index (χ3v) is 8.16. The fourth-order valence-corrected chi connectivity index (χ4v) is 5.73. The summed E-state index contributed by atoms with van der Waals surface area (Å²) in [6.07, 6.45) is 11.2. The van der Waals surface area contributed by atoms with Gasteiger partial charge in [-0.05, 0) is 98.2 Å². The highest BCUT2D eigenvalue weighted by Crippen LogP contribution is 2.31. The molecule has 0 radical (unpaired) electrons. The third-order valence-electron chi connectivity index (χ3n) is 8.16. The van der Waals surface area contributed by atoms with E-state index in [4.69, 9.17) is 9.47 Å². The molecular weight excluding hydrogens is 504 g/mol. The second kappa shape index (κ2) is 11.1. The fourth-order valence-electron chi connectivity index (χ4n) is 5.73. The number of rotatable bonds is 6. The lowest BCUT2D eigenvalue weighted by Crippen LogP contribution is -2.14. The van der Waals surface area contributed by atoms with Crippen LogP contribution in [0.4, 0.5) is 0 Å². The number of carbonyl (C=O) groups is 2. The molecule has 0 amide bonds. The molecule has 1 fully saturated rings. The van der Waals surface area contributed by atoms with Crippen LogP contribution < -0.4 is 16.0 Å². The number of H-pyrrole nitrogens is 3. The van der Waals surface area contributed by atoms with E-state index in [0.29, 0.717) is 25.2 Å². The number of allylic oxidation sites excluding steroid dienone is 2. The number of esters is 2. The first-order valence-electron chi connectivity index (χ1n) is 13.8. The van der Waals surface area contributed by atoms with Crippen LogP contribution in [0, 0.1) is 26.7 Å². The van der Waals surface area contributed by atoms with Crippen molar-refractivity contribution in [1.82, 2.24) is 20.3 Å². The van der Waals surface area contributed by atoms with Crippen molar-refractivity contribution in [3.05, 3.63) is 78.8 Å². The molecule has 0 aromatic carbocycles. The molecule has 2 aliphatic heterocycles. The monoisotopic (exact) mass is 542 g/mol. The molecule has 0 saturated carbocycles. The zero-order chi connectivity index (χ0) is 28.6. The zero-order valence-corrected chi connectivity index (χ0v) is 24.1. The molecule has 210 valence electrons. The van der Waals surface area contributed by atoms with Gasteiger partial charge in [0.1, 0.15) is 0 Å². The van der Waals surface area contributed by atoms with Gasteiger partial charge in [0.15, 0.2) is 0 Å². The Hall–Kier alpha value is -4.20. The summed E-state index contributed by atoms with van der Waals surface area (Å²) in [5.74, 6) is -0.116. The topological polar surface area (TPSA) is 112 Å². The normalized spacial score (nSPS) is 15.9. The highest BCUT2D eigenvalue weighted by atomic mass is 16.5. The Morgan fingerprint density at radius 3 is 2.17 bits per heavy atom. The van der Waals surface area contributed by atoms with Crippen molar-refractivity contribution < 1.29 is 19.1 Å². The van der Waals surface area contributed by atoms with Crippen LogP contribution in [0.1, 0.15) is 76.8 Å². The highest BCUT2D eigenvalue weighted by molar-refractivity contribution is 5.72. The predicted octanol–water partition coefficient (Wildman–Crippen LogP) is 3.79. The van der Waals surface area contributed by atoms with Gasteiger partial charge in [-0.3, -0.25) is 9.59 Å². The van der Waals surface area contributed by atoms with Gasteiger partial charge in [0.05, 0.1) is 14.2 Å². The van der Waals surface area contributed by atoms with Crippen LogP contribution in [0.25, 0.3) is 24.3 Å². The quantitative estimate of drug-likeness (QED) is 0.354. The first-order valence-corrected chi connectivity index (χ1v) is 13.8. The molecule has 8 nitrogen and oxygen atoms in total. The number of methoxy groups -OCH3 is 2. The maximum atomic E-state index is 12.1. The number of aromatic amines is 3. The molecule has 0 spiro atoms. The summed E-state index contributed by atoms with van der Waals surface area (Å²) < 4.78 is 9.86. The summed E-state index contributed by atoms with van der Waals surface area (Å²) >= 11 is 0. The molecule has 3 aromatic heterocycles. The van der Waals surface area contributed by atoms with E-state index in [2.05, 4.69) is 78.3 Å². The molecule has 8 heteroatoms. The molecule has 1 unspecified atom stereocenters. The minimum atomic E-state index is -0.242. The molecule has 4 N–H and O–H groups in total. The summed E-state index contributed by atoms with van der Waals surface area (Å²) in [6.45, 7) is 8.52. The Labute approximate surface area is 234 Å². The van der Waals surface area contributed by atoms with Crippen LogP contribution in [0.2, 0.25) is 0 Å². The van der Waals surface area contributed by atoms with E-state index in [-0.39, 0.29) is 18.4 Å². The van der Waals surface area contributed by atoms with Crippen LogP contribution in [-0.4, -0.2) is 41.1 Å². The van der Waals surface area contributed by atoms with Crippen molar-refractivity contribution in [1.29, 1.82) is 0 Å². The van der Waals surface area contributed by atoms with E-state index in [0.717, 1.165) is 73.4 Å². The molecule has 5 rings (SSSR count). The molecule has 1 saturated heterocycles. The second-order valence-corrected chi connectivity index (χ2v) is 10.9. The van der Waals surface area contributed by atoms with Gasteiger partial charge < -0.3 is 29.7 Å². The van der Waals surface area contributed by atoms with Crippen LogP contribution in [0.15, 0.2) is 17.5 Å². The zero-order valence-electron chi connectivity index (χ0n) is 24.1. The Morgan fingerprint density at radius 2 is 1.48 bits per heavy atom. The van der Waals surface area contributed by atoms with Gasteiger partial charge in [-0.25, -0.2) is 0 Å². The maximum absolute atomic E-state index is 12.1. The van der Waals surface area contributed by atoms with Gasteiger partial charge >= 0.3 is 11.9 Å². The van der Waals surface area contributed by atoms with Crippen molar-refractivity contribution in [2.45, 2.75) is 59.8 Å². The minimum Gasteiger partial charge on any atom is -0.469 e. The summed E-state index contributed by atoms with van der Waals surface area (Å²) in [6, 6.07) is 2.17. The van der Waals surface area contributed by atoms with Crippen LogP contribution in [0.3, 0.4) is 0 Å². The SMILES string of the molecule is COC(=O)CCc1c2[nH]c(c1C)C=C1CC(C)C(=Cc3cc(C)c([nH]3)C=c3[nH]c(c(CCC(=O)OC)c3C)=C2)N1. The van der Waals surface area contributed by atoms with E-state index in [1.165, 1.54) is 19.9 Å². The average Bonchev–Trinajstić information content (AvgIpc) is 3.62.